The number of rotatable bonds is 4. The molecule has 0 fully saturated rings. The molecular weight excluding hydrogens is 208 g/mol. The van der Waals surface area contributed by atoms with E-state index < -0.39 is 0 Å². The number of nitrogens with two attached hydrogens (primary N) is 1. The van der Waals surface area contributed by atoms with Gasteiger partial charge in [-0.15, -0.1) is 0 Å². The van der Waals surface area contributed by atoms with Crippen molar-refractivity contribution in [2.75, 3.05) is 25.0 Å². The zero-order valence-corrected chi connectivity index (χ0v) is 10.1. The van der Waals surface area contributed by atoms with Gasteiger partial charge in [-0.25, -0.2) is 0 Å². The van der Waals surface area contributed by atoms with Gasteiger partial charge in [-0.3, -0.25) is 0 Å². The summed E-state index contributed by atoms with van der Waals surface area (Å²) >= 11 is 0. The number of hydrogen-bond donors (Lipinski definition) is 1. The summed E-state index contributed by atoms with van der Waals surface area (Å²) in [5, 5.41) is 0. The van der Waals surface area contributed by atoms with Gasteiger partial charge in [-0.1, -0.05) is 42.5 Å². The molecule has 0 aliphatic heterocycles. The molecule has 2 heteroatoms. The van der Waals surface area contributed by atoms with E-state index in [1.807, 2.05) is 6.07 Å². The highest BCUT2D eigenvalue weighted by Crippen LogP contribution is 2.22. The maximum Gasteiger partial charge on any atom is 0.0364 e. The molecule has 2 N–H and O–H groups in total. The molecule has 0 amide bonds. The number of benzene rings is 2. The zero-order valence-electron chi connectivity index (χ0n) is 10.1. The second-order valence-corrected chi connectivity index (χ2v) is 4.12. The van der Waals surface area contributed by atoms with Crippen molar-refractivity contribution in [1.29, 1.82) is 0 Å². The van der Waals surface area contributed by atoms with Gasteiger partial charge in [0.1, 0.15) is 0 Å². The van der Waals surface area contributed by atoms with E-state index in [9.17, 15) is 0 Å². The summed E-state index contributed by atoms with van der Waals surface area (Å²) in [5.74, 6) is 0. The van der Waals surface area contributed by atoms with Crippen LogP contribution in [0.1, 0.15) is 0 Å². The van der Waals surface area contributed by atoms with Crippen LogP contribution >= 0.6 is 0 Å². The standard InChI is InChI=1S/C15H18N2/c1-17(12-11-16)15-9-7-14(8-10-15)13-5-3-2-4-6-13/h2-10H,11-12,16H2,1H3. The molecule has 0 atom stereocenters. The predicted molar refractivity (Wildman–Crippen MR) is 74.2 cm³/mol. The van der Waals surface area contributed by atoms with Crippen LogP contribution in [0.4, 0.5) is 5.69 Å². The lowest BCUT2D eigenvalue weighted by Crippen LogP contribution is -2.24. The third-order valence-electron chi connectivity index (χ3n) is 2.88. The van der Waals surface area contributed by atoms with Crippen LogP contribution in [-0.2, 0) is 0 Å². The van der Waals surface area contributed by atoms with E-state index >= 15 is 0 Å². The highest BCUT2D eigenvalue weighted by Gasteiger charge is 2.00. The van der Waals surface area contributed by atoms with Crippen LogP contribution in [-0.4, -0.2) is 20.1 Å². The van der Waals surface area contributed by atoms with Crippen LogP contribution in [0.2, 0.25) is 0 Å². The van der Waals surface area contributed by atoms with E-state index in [2.05, 4.69) is 60.5 Å². The lowest BCUT2D eigenvalue weighted by atomic mass is 10.1. The van der Waals surface area contributed by atoms with E-state index in [1.165, 1.54) is 16.8 Å². The van der Waals surface area contributed by atoms with Crippen molar-refractivity contribution in [2.45, 2.75) is 0 Å². The van der Waals surface area contributed by atoms with Gasteiger partial charge in [0.25, 0.3) is 0 Å². The summed E-state index contributed by atoms with van der Waals surface area (Å²) in [7, 11) is 2.06. The van der Waals surface area contributed by atoms with Crippen LogP contribution in [0.3, 0.4) is 0 Å². The minimum Gasteiger partial charge on any atom is -0.373 e. The smallest absolute Gasteiger partial charge is 0.0364 e. The monoisotopic (exact) mass is 226 g/mol. The Morgan fingerprint density at radius 2 is 1.47 bits per heavy atom. The Morgan fingerprint density at radius 1 is 0.882 bits per heavy atom. The largest absolute Gasteiger partial charge is 0.373 e. The molecule has 0 aromatic heterocycles. The summed E-state index contributed by atoms with van der Waals surface area (Å²) in [4.78, 5) is 2.16. The summed E-state index contributed by atoms with van der Waals surface area (Å²) in [5.41, 5.74) is 9.25. The predicted octanol–water partition coefficient (Wildman–Crippen LogP) is 2.75. The molecule has 2 aromatic rings. The Morgan fingerprint density at radius 3 is 2.06 bits per heavy atom. The van der Waals surface area contributed by atoms with Crippen LogP contribution in [0, 0.1) is 0 Å². The lowest BCUT2D eigenvalue weighted by Gasteiger charge is -2.18. The molecule has 0 aliphatic rings. The van der Waals surface area contributed by atoms with Gasteiger partial charge in [-0.05, 0) is 23.3 Å². The van der Waals surface area contributed by atoms with Crippen molar-refractivity contribution >= 4 is 5.69 Å². The van der Waals surface area contributed by atoms with Crippen molar-refractivity contribution in [3.63, 3.8) is 0 Å². The maximum atomic E-state index is 5.55. The van der Waals surface area contributed by atoms with Crippen LogP contribution in [0.25, 0.3) is 11.1 Å². The lowest BCUT2D eigenvalue weighted by molar-refractivity contribution is 0.886. The first-order chi connectivity index (χ1) is 8.31. The molecule has 0 saturated carbocycles. The first-order valence-electron chi connectivity index (χ1n) is 5.88. The normalized spacial score (nSPS) is 10.2. The molecule has 0 heterocycles. The highest BCUT2D eigenvalue weighted by atomic mass is 15.1. The van der Waals surface area contributed by atoms with Gasteiger partial charge in [0.2, 0.25) is 0 Å². The third kappa shape index (κ3) is 2.86. The number of anilines is 1. The van der Waals surface area contributed by atoms with E-state index in [4.69, 9.17) is 5.73 Å². The minimum atomic E-state index is 0.678. The molecule has 0 unspecified atom stereocenters. The second kappa shape index (κ2) is 5.51. The van der Waals surface area contributed by atoms with Gasteiger partial charge in [0, 0.05) is 25.8 Å². The summed E-state index contributed by atoms with van der Waals surface area (Å²) in [6, 6.07) is 19.0. The van der Waals surface area contributed by atoms with Crippen LogP contribution < -0.4 is 10.6 Å². The Bertz CT molecular complexity index is 448. The molecule has 2 nitrogen and oxygen atoms in total. The number of nitrogens with zero attached hydrogens (tertiary/aromatic N) is 1. The van der Waals surface area contributed by atoms with Crippen LogP contribution in [0.5, 0.6) is 0 Å². The quantitative estimate of drug-likeness (QED) is 0.868. The molecule has 0 bridgehead atoms. The Kier molecular flexibility index (Phi) is 3.78. The Balaban J connectivity index is 2.19. The fourth-order valence-electron chi connectivity index (χ4n) is 1.86. The first kappa shape index (κ1) is 11.7. The molecule has 17 heavy (non-hydrogen) atoms. The summed E-state index contributed by atoms with van der Waals surface area (Å²) in [6.45, 7) is 1.56. The van der Waals surface area contributed by atoms with Crippen molar-refractivity contribution < 1.29 is 0 Å². The van der Waals surface area contributed by atoms with Gasteiger partial charge < -0.3 is 10.6 Å². The fraction of sp³-hybridized carbons (Fsp3) is 0.200. The Hall–Kier alpha value is -1.80. The highest BCUT2D eigenvalue weighted by molar-refractivity contribution is 5.66. The molecule has 0 saturated heterocycles. The molecule has 0 spiro atoms. The van der Waals surface area contributed by atoms with Gasteiger partial charge in [0.15, 0.2) is 0 Å². The maximum absolute atomic E-state index is 5.55. The third-order valence-corrected chi connectivity index (χ3v) is 2.88. The Labute approximate surface area is 103 Å². The topological polar surface area (TPSA) is 29.3 Å². The molecule has 0 radical (unpaired) electrons. The van der Waals surface area contributed by atoms with Gasteiger partial charge in [-0.2, -0.15) is 0 Å². The fourth-order valence-corrected chi connectivity index (χ4v) is 1.86. The average molecular weight is 226 g/mol. The van der Waals surface area contributed by atoms with Crippen molar-refractivity contribution in [3.05, 3.63) is 54.6 Å². The molecule has 2 aromatic carbocycles. The van der Waals surface area contributed by atoms with E-state index in [-0.39, 0.29) is 0 Å². The van der Waals surface area contributed by atoms with E-state index in [1.54, 1.807) is 0 Å². The molecule has 88 valence electrons. The zero-order chi connectivity index (χ0) is 12.1. The molecule has 2 rings (SSSR count). The second-order valence-electron chi connectivity index (χ2n) is 4.12. The van der Waals surface area contributed by atoms with E-state index in [0.29, 0.717) is 6.54 Å². The average Bonchev–Trinajstić information content (AvgIpc) is 2.40. The van der Waals surface area contributed by atoms with Crippen molar-refractivity contribution in [1.82, 2.24) is 0 Å². The molecule has 0 aliphatic carbocycles. The summed E-state index contributed by atoms with van der Waals surface area (Å²) in [6.07, 6.45) is 0. The summed E-state index contributed by atoms with van der Waals surface area (Å²) < 4.78 is 0. The minimum absolute atomic E-state index is 0.678. The number of likely N-dealkylation sites (N-methyl/N-ethyl adjacent to an activating group) is 1. The van der Waals surface area contributed by atoms with Crippen molar-refractivity contribution in [2.24, 2.45) is 5.73 Å². The first-order valence-corrected chi connectivity index (χ1v) is 5.88. The van der Waals surface area contributed by atoms with Gasteiger partial charge in [0.05, 0.1) is 0 Å². The van der Waals surface area contributed by atoms with Gasteiger partial charge >= 0.3 is 0 Å². The van der Waals surface area contributed by atoms with Crippen LogP contribution in [0.15, 0.2) is 54.6 Å². The molecular formula is C15H18N2. The number of hydrogen-bond acceptors (Lipinski definition) is 2. The SMILES string of the molecule is CN(CCN)c1ccc(-c2ccccc2)cc1. The van der Waals surface area contributed by atoms with Crippen molar-refractivity contribution in [3.8, 4) is 11.1 Å². The van der Waals surface area contributed by atoms with E-state index in [0.717, 1.165) is 6.54 Å².